The van der Waals surface area contributed by atoms with Crippen molar-refractivity contribution in [1.82, 2.24) is 20.1 Å². The van der Waals surface area contributed by atoms with Gasteiger partial charge in [0.25, 0.3) is 5.91 Å². The molecule has 12 heteroatoms. The number of anilines is 1. The van der Waals surface area contributed by atoms with E-state index >= 15 is 0 Å². The summed E-state index contributed by atoms with van der Waals surface area (Å²) in [7, 11) is 1.80. The van der Waals surface area contributed by atoms with Gasteiger partial charge >= 0.3 is 0 Å². The van der Waals surface area contributed by atoms with E-state index in [1.807, 2.05) is 13.8 Å². The number of carbonyl (C=O) groups excluding carboxylic acids is 2. The van der Waals surface area contributed by atoms with Crippen LogP contribution in [0.3, 0.4) is 0 Å². The van der Waals surface area contributed by atoms with Crippen molar-refractivity contribution in [3.63, 3.8) is 0 Å². The number of nitriles is 1. The number of benzene rings is 1. The number of aromatic nitrogens is 3. The van der Waals surface area contributed by atoms with Crippen molar-refractivity contribution < 1.29 is 9.59 Å². The van der Waals surface area contributed by atoms with Crippen LogP contribution >= 0.6 is 46.3 Å². The summed E-state index contributed by atoms with van der Waals surface area (Å²) in [5, 5.41) is 25.9. The molecule has 8 nitrogen and oxygen atoms in total. The number of thioether (sulfide) groups is 1. The normalized spacial score (nSPS) is 13.6. The van der Waals surface area contributed by atoms with Gasteiger partial charge in [0.1, 0.15) is 11.1 Å². The number of fused-ring (bicyclic) bond motifs is 1. The van der Waals surface area contributed by atoms with Crippen molar-refractivity contribution in [3.8, 4) is 6.07 Å². The third kappa shape index (κ3) is 6.12. The zero-order valence-electron chi connectivity index (χ0n) is 20.6. The Labute approximate surface area is 233 Å². The summed E-state index contributed by atoms with van der Waals surface area (Å²) < 4.78 is 1.77. The molecule has 2 amide bonds. The predicted molar refractivity (Wildman–Crippen MR) is 148 cm³/mol. The number of thiophene rings is 1. The van der Waals surface area contributed by atoms with Crippen molar-refractivity contribution in [2.75, 3.05) is 11.1 Å². The molecule has 4 rings (SSSR count). The minimum atomic E-state index is -0.435. The molecule has 2 heterocycles. The molecule has 0 saturated heterocycles. The Balaban J connectivity index is 1.43. The molecule has 37 heavy (non-hydrogen) atoms. The van der Waals surface area contributed by atoms with Crippen LogP contribution in [-0.4, -0.2) is 32.3 Å². The second-order valence-corrected chi connectivity index (χ2v) is 12.0. The van der Waals surface area contributed by atoms with Crippen molar-refractivity contribution in [2.45, 2.75) is 50.7 Å². The van der Waals surface area contributed by atoms with Crippen LogP contribution in [0.1, 0.15) is 64.9 Å². The third-order valence-corrected chi connectivity index (χ3v) is 8.92. The topological polar surface area (TPSA) is 113 Å². The van der Waals surface area contributed by atoms with Crippen LogP contribution in [0.15, 0.2) is 23.4 Å². The fraction of sp³-hybridized carbons (Fsp3) is 0.400. The molecule has 3 aromatic rings. The summed E-state index contributed by atoms with van der Waals surface area (Å²) in [6.45, 7) is 3.94. The lowest BCUT2D eigenvalue weighted by Gasteiger charge is -2.22. The number of carbonyl (C=O) groups is 2. The van der Waals surface area contributed by atoms with Crippen LogP contribution in [0, 0.1) is 17.2 Å². The fourth-order valence-corrected chi connectivity index (χ4v) is 6.68. The molecule has 2 aromatic heterocycles. The van der Waals surface area contributed by atoms with E-state index in [1.165, 1.54) is 34.0 Å². The van der Waals surface area contributed by atoms with Crippen LogP contribution in [0.5, 0.6) is 0 Å². The highest BCUT2D eigenvalue weighted by Crippen LogP contribution is 2.37. The van der Waals surface area contributed by atoms with Crippen LogP contribution in [0.2, 0.25) is 10.0 Å². The van der Waals surface area contributed by atoms with Gasteiger partial charge in [-0.2, -0.15) is 5.26 Å². The van der Waals surface area contributed by atoms with E-state index in [0.29, 0.717) is 32.1 Å². The smallest absolute Gasteiger partial charge is 0.253 e. The molecule has 0 fully saturated rings. The second kappa shape index (κ2) is 11.9. The largest absolute Gasteiger partial charge is 0.342 e. The lowest BCUT2D eigenvalue weighted by Crippen LogP contribution is -2.33. The number of nitrogens with one attached hydrogen (secondary N) is 2. The Hall–Kier alpha value is -2.58. The molecule has 1 aliphatic rings. The number of rotatable bonds is 8. The highest BCUT2D eigenvalue weighted by Gasteiger charge is 2.27. The van der Waals surface area contributed by atoms with Gasteiger partial charge in [0.15, 0.2) is 11.0 Å². The van der Waals surface area contributed by atoms with Crippen LogP contribution in [0.4, 0.5) is 5.00 Å². The zero-order chi connectivity index (χ0) is 26.7. The first-order chi connectivity index (χ1) is 17.7. The maximum atomic E-state index is 12.9. The molecule has 0 aliphatic heterocycles. The summed E-state index contributed by atoms with van der Waals surface area (Å²) in [6, 6.07) is 6.54. The first kappa shape index (κ1) is 27.5. The van der Waals surface area contributed by atoms with Gasteiger partial charge < -0.3 is 15.2 Å². The SMILES string of the molecule is CC(C)[C@H](NC(=O)c1ccc(Cl)cc1Cl)c1nnc(SCC(=O)Nc2sc3c(c2C#N)CCCC3)n1C. The van der Waals surface area contributed by atoms with E-state index < -0.39 is 6.04 Å². The molecule has 1 aliphatic carbocycles. The van der Waals surface area contributed by atoms with E-state index in [4.69, 9.17) is 23.2 Å². The van der Waals surface area contributed by atoms with E-state index in [9.17, 15) is 14.9 Å². The Morgan fingerprint density at radius 2 is 2.00 bits per heavy atom. The summed E-state index contributed by atoms with van der Waals surface area (Å²) in [6.07, 6.45) is 4.03. The van der Waals surface area contributed by atoms with E-state index in [0.717, 1.165) is 31.2 Å². The molecule has 0 spiro atoms. The Morgan fingerprint density at radius 3 is 2.70 bits per heavy atom. The van der Waals surface area contributed by atoms with Gasteiger partial charge in [0.05, 0.1) is 27.9 Å². The summed E-state index contributed by atoms with van der Waals surface area (Å²) in [5.74, 6) is 0.125. The van der Waals surface area contributed by atoms with Crippen molar-refractivity contribution in [3.05, 3.63) is 55.6 Å². The van der Waals surface area contributed by atoms with Crippen molar-refractivity contribution >= 4 is 63.1 Å². The van der Waals surface area contributed by atoms with Gasteiger partial charge in [-0.3, -0.25) is 9.59 Å². The molecule has 1 atom stereocenters. The molecule has 194 valence electrons. The van der Waals surface area contributed by atoms with E-state index in [2.05, 4.69) is 26.9 Å². The Kier molecular flexibility index (Phi) is 8.80. The van der Waals surface area contributed by atoms with Gasteiger partial charge in [-0.1, -0.05) is 48.8 Å². The minimum absolute atomic E-state index is 0.00772. The molecule has 0 saturated carbocycles. The molecule has 1 aromatic carbocycles. The quantitative estimate of drug-likeness (QED) is 0.328. The number of hydrogen-bond acceptors (Lipinski definition) is 7. The molecule has 0 radical (unpaired) electrons. The number of nitrogens with zero attached hydrogens (tertiary/aromatic N) is 4. The van der Waals surface area contributed by atoms with Gasteiger partial charge in [-0.05, 0) is 55.4 Å². The Bertz CT molecular complexity index is 1380. The number of aryl methyl sites for hydroxylation is 1. The highest BCUT2D eigenvalue weighted by molar-refractivity contribution is 7.99. The first-order valence-electron chi connectivity index (χ1n) is 11.8. The molecular formula is C25H26Cl2N6O2S2. The fourth-order valence-electron chi connectivity index (χ4n) is 4.21. The monoisotopic (exact) mass is 576 g/mol. The molecule has 0 unspecified atom stereocenters. The number of halogens is 2. The van der Waals surface area contributed by atoms with Crippen molar-refractivity contribution in [1.29, 1.82) is 5.26 Å². The third-order valence-electron chi connectivity index (χ3n) is 6.14. The zero-order valence-corrected chi connectivity index (χ0v) is 23.7. The molecular weight excluding hydrogens is 551 g/mol. The Morgan fingerprint density at radius 1 is 1.24 bits per heavy atom. The number of amides is 2. The highest BCUT2D eigenvalue weighted by atomic mass is 35.5. The second-order valence-electron chi connectivity index (χ2n) is 9.08. The summed E-state index contributed by atoms with van der Waals surface area (Å²) in [5.41, 5.74) is 1.99. The predicted octanol–water partition coefficient (Wildman–Crippen LogP) is 5.79. The average Bonchev–Trinajstić information content (AvgIpc) is 3.39. The number of hydrogen-bond donors (Lipinski definition) is 2. The minimum Gasteiger partial charge on any atom is -0.342 e. The lowest BCUT2D eigenvalue weighted by molar-refractivity contribution is -0.113. The maximum Gasteiger partial charge on any atom is 0.253 e. The average molecular weight is 578 g/mol. The van der Waals surface area contributed by atoms with Crippen molar-refractivity contribution in [2.24, 2.45) is 13.0 Å². The van der Waals surface area contributed by atoms with E-state index in [-0.39, 0.29) is 28.5 Å². The first-order valence-corrected chi connectivity index (χ1v) is 14.4. The van der Waals surface area contributed by atoms with E-state index in [1.54, 1.807) is 23.7 Å². The van der Waals surface area contributed by atoms with Crippen LogP contribution < -0.4 is 10.6 Å². The lowest BCUT2D eigenvalue weighted by atomic mass is 9.96. The van der Waals surface area contributed by atoms with Gasteiger partial charge in [0, 0.05) is 16.9 Å². The molecule has 0 bridgehead atoms. The molecule has 2 N–H and O–H groups in total. The van der Waals surface area contributed by atoms with Gasteiger partial charge in [-0.15, -0.1) is 21.5 Å². The summed E-state index contributed by atoms with van der Waals surface area (Å²) in [4.78, 5) is 26.8. The standard InChI is InChI=1S/C25H26Cl2N6O2S2/c1-13(2)21(30-23(35)16-9-8-14(26)10-18(16)27)22-31-32-25(33(22)3)36-12-20(34)29-24-17(11-28)15-6-4-5-7-19(15)37-24/h8-10,13,21H,4-7,12H2,1-3H3,(H,29,34)(H,30,35)/t21-/m0/s1. The van der Waals surface area contributed by atoms with Gasteiger partial charge in [-0.25, -0.2) is 0 Å². The van der Waals surface area contributed by atoms with Crippen LogP contribution in [0.25, 0.3) is 0 Å². The maximum absolute atomic E-state index is 12.9. The van der Waals surface area contributed by atoms with Gasteiger partial charge in [0.2, 0.25) is 5.91 Å². The summed E-state index contributed by atoms with van der Waals surface area (Å²) >= 11 is 14.9. The van der Waals surface area contributed by atoms with Crippen LogP contribution in [-0.2, 0) is 24.7 Å².